The van der Waals surface area contributed by atoms with Crippen molar-refractivity contribution in [2.75, 3.05) is 17.9 Å². The van der Waals surface area contributed by atoms with Crippen LogP contribution in [0, 0.1) is 5.82 Å². The van der Waals surface area contributed by atoms with Gasteiger partial charge in [-0.25, -0.2) is 10.2 Å². The molecule has 0 aliphatic rings. The highest BCUT2D eigenvalue weighted by molar-refractivity contribution is 6.30. The Bertz CT molecular complexity index is 574. The maximum absolute atomic E-state index is 13.6. The van der Waals surface area contributed by atoms with Gasteiger partial charge in [-0.2, -0.15) is 15.0 Å². The van der Waals surface area contributed by atoms with Crippen molar-refractivity contribution in [2.45, 2.75) is 0 Å². The zero-order valence-corrected chi connectivity index (χ0v) is 10.6. The average Bonchev–Trinajstić information content (AvgIpc) is 2.41. The summed E-state index contributed by atoms with van der Waals surface area (Å²) in [5.74, 6) is 4.85. The Labute approximate surface area is 113 Å². The molecular formula is C10H10ClFN6O. The lowest BCUT2D eigenvalue weighted by molar-refractivity contribution is 0.379. The Hall–Kier alpha value is -2.19. The van der Waals surface area contributed by atoms with E-state index in [1.54, 1.807) is 0 Å². The van der Waals surface area contributed by atoms with E-state index in [1.165, 1.54) is 25.3 Å². The summed E-state index contributed by atoms with van der Waals surface area (Å²) in [6, 6.07) is 4.21. The molecule has 0 aliphatic heterocycles. The van der Waals surface area contributed by atoms with Gasteiger partial charge in [-0.15, -0.1) is 0 Å². The summed E-state index contributed by atoms with van der Waals surface area (Å²) in [5.41, 5.74) is 2.42. The lowest BCUT2D eigenvalue weighted by Crippen LogP contribution is -2.13. The molecule has 7 nitrogen and oxygen atoms in total. The summed E-state index contributed by atoms with van der Waals surface area (Å²) in [7, 11) is 1.39. The number of hydrazine groups is 1. The Morgan fingerprint density at radius 3 is 2.63 bits per heavy atom. The van der Waals surface area contributed by atoms with Gasteiger partial charge in [-0.05, 0) is 18.2 Å². The molecule has 1 heterocycles. The predicted molar refractivity (Wildman–Crippen MR) is 68.9 cm³/mol. The molecule has 9 heteroatoms. The molecule has 19 heavy (non-hydrogen) atoms. The summed E-state index contributed by atoms with van der Waals surface area (Å²) in [5, 5.41) is 2.97. The van der Waals surface area contributed by atoms with E-state index in [0.29, 0.717) is 5.02 Å². The van der Waals surface area contributed by atoms with E-state index in [-0.39, 0.29) is 23.6 Å². The van der Waals surface area contributed by atoms with Gasteiger partial charge < -0.3 is 10.1 Å². The van der Waals surface area contributed by atoms with Crippen LogP contribution < -0.4 is 21.3 Å². The minimum Gasteiger partial charge on any atom is -0.467 e. The summed E-state index contributed by atoms with van der Waals surface area (Å²) in [6.45, 7) is 0. The number of hydrogen-bond donors (Lipinski definition) is 3. The van der Waals surface area contributed by atoms with Crippen LogP contribution in [0.25, 0.3) is 0 Å². The molecule has 1 aromatic carbocycles. The Kier molecular flexibility index (Phi) is 3.93. The van der Waals surface area contributed by atoms with E-state index in [0.717, 1.165) is 0 Å². The van der Waals surface area contributed by atoms with Gasteiger partial charge in [0.1, 0.15) is 5.82 Å². The number of hydrogen-bond acceptors (Lipinski definition) is 7. The van der Waals surface area contributed by atoms with Crippen molar-refractivity contribution in [3.05, 3.63) is 29.0 Å². The molecule has 2 aromatic rings. The third kappa shape index (κ3) is 3.18. The molecule has 0 amide bonds. The summed E-state index contributed by atoms with van der Waals surface area (Å²) in [4.78, 5) is 11.6. The van der Waals surface area contributed by atoms with E-state index in [9.17, 15) is 4.39 Å². The SMILES string of the molecule is COc1nc(NN)nc(Nc2ccc(Cl)cc2F)n1. The molecule has 0 radical (unpaired) electrons. The first kappa shape index (κ1) is 13.2. The van der Waals surface area contributed by atoms with Crippen molar-refractivity contribution in [1.82, 2.24) is 15.0 Å². The van der Waals surface area contributed by atoms with Crippen LogP contribution in [0.4, 0.5) is 22.0 Å². The van der Waals surface area contributed by atoms with Crippen LogP contribution in [0.5, 0.6) is 6.01 Å². The van der Waals surface area contributed by atoms with Crippen LogP contribution in [0.2, 0.25) is 5.02 Å². The largest absolute Gasteiger partial charge is 0.467 e. The number of aromatic nitrogens is 3. The van der Waals surface area contributed by atoms with Crippen molar-refractivity contribution >= 4 is 29.2 Å². The van der Waals surface area contributed by atoms with Gasteiger partial charge in [-0.3, -0.25) is 5.43 Å². The third-order valence-electron chi connectivity index (χ3n) is 2.10. The van der Waals surface area contributed by atoms with Crippen LogP contribution in [0.3, 0.4) is 0 Å². The van der Waals surface area contributed by atoms with Crippen molar-refractivity contribution in [2.24, 2.45) is 5.84 Å². The monoisotopic (exact) mass is 284 g/mol. The first-order valence-corrected chi connectivity index (χ1v) is 5.49. The van der Waals surface area contributed by atoms with Gasteiger partial charge in [0.05, 0.1) is 12.8 Å². The highest BCUT2D eigenvalue weighted by Crippen LogP contribution is 2.22. The van der Waals surface area contributed by atoms with Gasteiger partial charge in [0.15, 0.2) is 0 Å². The molecule has 0 atom stereocenters. The number of ether oxygens (including phenoxy) is 1. The minimum atomic E-state index is -0.533. The molecule has 0 fully saturated rings. The number of benzene rings is 1. The van der Waals surface area contributed by atoms with Gasteiger partial charge in [0.25, 0.3) is 0 Å². The third-order valence-corrected chi connectivity index (χ3v) is 2.34. The highest BCUT2D eigenvalue weighted by Gasteiger charge is 2.09. The van der Waals surface area contributed by atoms with Crippen LogP contribution in [0.1, 0.15) is 0 Å². The molecule has 0 aliphatic carbocycles. The molecule has 2 rings (SSSR count). The summed E-state index contributed by atoms with van der Waals surface area (Å²) >= 11 is 5.66. The predicted octanol–water partition coefficient (Wildman–Crippen LogP) is 1.70. The Morgan fingerprint density at radius 1 is 1.26 bits per heavy atom. The van der Waals surface area contributed by atoms with E-state index in [2.05, 4.69) is 25.7 Å². The lowest BCUT2D eigenvalue weighted by Gasteiger charge is -2.08. The van der Waals surface area contributed by atoms with Crippen molar-refractivity contribution in [1.29, 1.82) is 0 Å². The number of rotatable bonds is 4. The van der Waals surface area contributed by atoms with Crippen molar-refractivity contribution in [3.8, 4) is 6.01 Å². The number of nitrogens with one attached hydrogen (secondary N) is 2. The van der Waals surface area contributed by atoms with E-state index < -0.39 is 5.82 Å². The highest BCUT2D eigenvalue weighted by atomic mass is 35.5. The van der Waals surface area contributed by atoms with Crippen LogP contribution >= 0.6 is 11.6 Å². The van der Waals surface area contributed by atoms with E-state index in [1.807, 2.05) is 0 Å². The van der Waals surface area contributed by atoms with Crippen molar-refractivity contribution < 1.29 is 9.13 Å². The van der Waals surface area contributed by atoms with E-state index in [4.69, 9.17) is 22.2 Å². The van der Waals surface area contributed by atoms with Gasteiger partial charge in [0.2, 0.25) is 11.9 Å². The first-order chi connectivity index (χ1) is 9.12. The van der Waals surface area contributed by atoms with Gasteiger partial charge in [-0.1, -0.05) is 11.6 Å². The maximum atomic E-state index is 13.6. The molecule has 0 saturated heterocycles. The van der Waals surface area contributed by atoms with Crippen LogP contribution in [0.15, 0.2) is 18.2 Å². The summed E-state index contributed by atoms with van der Waals surface area (Å²) < 4.78 is 18.5. The molecule has 0 spiro atoms. The number of halogens is 2. The zero-order chi connectivity index (χ0) is 13.8. The lowest BCUT2D eigenvalue weighted by atomic mass is 10.3. The fourth-order valence-corrected chi connectivity index (χ4v) is 1.44. The second-order valence-corrected chi connectivity index (χ2v) is 3.80. The molecular weight excluding hydrogens is 275 g/mol. The minimum absolute atomic E-state index is 0.0415. The Morgan fingerprint density at radius 2 is 2.00 bits per heavy atom. The van der Waals surface area contributed by atoms with Gasteiger partial charge >= 0.3 is 6.01 Å². The molecule has 0 bridgehead atoms. The van der Waals surface area contributed by atoms with Crippen molar-refractivity contribution in [3.63, 3.8) is 0 Å². The zero-order valence-electron chi connectivity index (χ0n) is 9.82. The molecule has 100 valence electrons. The number of anilines is 3. The molecule has 0 unspecified atom stereocenters. The second-order valence-electron chi connectivity index (χ2n) is 3.36. The second kappa shape index (κ2) is 5.63. The smallest absolute Gasteiger partial charge is 0.322 e. The molecule has 1 aromatic heterocycles. The number of nitrogen functional groups attached to an aromatic ring is 1. The Balaban J connectivity index is 2.31. The van der Waals surface area contributed by atoms with Crippen LogP contribution in [-0.4, -0.2) is 22.1 Å². The van der Waals surface area contributed by atoms with Gasteiger partial charge in [0, 0.05) is 5.02 Å². The molecule has 0 saturated carbocycles. The number of nitrogens with two attached hydrogens (primary N) is 1. The standard InChI is InChI=1S/C10H10ClFN6O/c1-19-10-16-8(15-9(17-10)18-13)14-7-3-2-5(11)4-6(7)12/h2-4H,13H2,1H3,(H2,14,15,16,17,18). The maximum Gasteiger partial charge on any atom is 0.322 e. The fraction of sp³-hybridized carbons (Fsp3) is 0.100. The normalized spacial score (nSPS) is 10.1. The first-order valence-electron chi connectivity index (χ1n) is 5.11. The van der Waals surface area contributed by atoms with Crippen LogP contribution in [-0.2, 0) is 0 Å². The van der Waals surface area contributed by atoms with E-state index >= 15 is 0 Å². The quantitative estimate of drug-likeness (QED) is 0.580. The fourth-order valence-electron chi connectivity index (χ4n) is 1.28. The topological polar surface area (TPSA) is 98.0 Å². The summed E-state index contributed by atoms with van der Waals surface area (Å²) in [6.07, 6.45) is 0. The number of methoxy groups -OCH3 is 1. The number of nitrogens with zero attached hydrogens (tertiary/aromatic N) is 3. The molecule has 4 N–H and O–H groups in total. The average molecular weight is 285 g/mol.